The van der Waals surface area contributed by atoms with Crippen LogP contribution in [0, 0.1) is 0 Å². The van der Waals surface area contributed by atoms with Crippen LogP contribution in [0.2, 0.25) is 0 Å². The van der Waals surface area contributed by atoms with Crippen molar-refractivity contribution in [1.29, 1.82) is 0 Å². The summed E-state index contributed by atoms with van der Waals surface area (Å²) in [7, 11) is 0. The first-order chi connectivity index (χ1) is 16.8. The largest absolute Gasteiger partial charge is 0.508 e. The summed E-state index contributed by atoms with van der Waals surface area (Å²) >= 11 is 0. The molecule has 1 aromatic carbocycles. The Hall–Kier alpha value is -1.79. The number of phenols is 1. The average Bonchev–Trinajstić information content (AvgIpc) is 2.83. The quantitative estimate of drug-likeness (QED) is 0.157. The lowest BCUT2D eigenvalue weighted by molar-refractivity contribution is -0.122. The van der Waals surface area contributed by atoms with Gasteiger partial charge in [-0.2, -0.15) is 0 Å². The van der Waals surface area contributed by atoms with Crippen LogP contribution in [0.1, 0.15) is 116 Å². The van der Waals surface area contributed by atoms with Crippen molar-refractivity contribution in [3.8, 4) is 11.5 Å². The number of aliphatic hydroxyl groups is 2. The van der Waals surface area contributed by atoms with Crippen LogP contribution in [-0.4, -0.2) is 47.1 Å². The Balaban J connectivity index is 2.15. The van der Waals surface area contributed by atoms with Crippen molar-refractivity contribution >= 4 is 5.91 Å². The molecule has 1 amide bonds. The Kier molecular flexibility index (Phi) is 16.5. The van der Waals surface area contributed by atoms with Crippen LogP contribution in [0.3, 0.4) is 0 Å². The fraction of sp³-hybridized carbons (Fsp3) is 0.759. The molecule has 0 aromatic heterocycles. The van der Waals surface area contributed by atoms with Crippen molar-refractivity contribution in [2.24, 2.45) is 0 Å². The second kappa shape index (κ2) is 18.5. The van der Waals surface area contributed by atoms with Gasteiger partial charge in [0, 0.05) is 12.5 Å². The smallest absolute Gasteiger partial charge is 0.220 e. The molecule has 0 aliphatic rings. The number of rotatable bonds is 21. The zero-order chi connectivity index (χ0) is 25.9. The molecule has 1 rings (SSSR count). The number of phenolic OH excluding ortho intramolecular Hbond substituents is 1. The molecule has 0 aliphatic carbocycles. The van der Waals surface area contributed by atoms with Gasteiger partial charge in [-0.25, -0.2) is 0 Å². The molecule has 202 valence electrons. The number of unbranched alkanes of at least 4 members (excludes halogenated alkanes) is 10. The Bertz CT molecular complexity index is 688. The second-order valence-corrected chi connectivity index (χ2v) is 10.5. The van der Waals surface area contributed by atoms with Crippen molar-refractivity contribution in [2.75, 3.05) is 19.8 Å². The Labute approximate surface area is 213 Å². The maximum absolute atomic E-state index is 11.7. The van der Waals surface area contributed by atoms with Crippen LogP contribution in [0.25, 0.3) is 0 Å². The van der Waals surface area contributed by atoms with Crippen LogP contribution in [0.4, 0.5) is 0 Å². The first kappa shape index (κ1) is 31.2. The zero-order valence-corrected chi connectivity index (χ0v) is 22.5. The van der Waals surface area contributed by atoms with Gasteiger partial charge in [-0.1, -0.05) is 85.0 Å². The molecule has 0 radical (unpaired) electrons. The first-order valence-electron chi connectivity index (χ1n) is 13.8. The highest BCUT2D eigenvalue weighted by molar-refractivity contribution is 5.76. The van der Waals surface area contributed by atoms with Crippen molar-refractivity contribution in [1.82, 2.24) is 5.32 Å². The Morgan fingerprint density at radius 2 is 1.49 bits per heavy atom. The third kappa shape index (κ3) is 14.4. The summed E-state index contributed by atoms with van der Waals surface area (Å²) in [5.74, 6) is 0.931. The van der Waals surface area contributed by atoms with E-state index in [9.17, 15) is 9.90 Å². The van der Waals surface area contributed by atoms with Crippen molar-refractivity contribution in [3.05, 3.63) is 23.8 Å². The topological polar surface area (TPSA) is 99.0 Å². The Morgan fingerprint density at radius 3 is 2.11 bits per heavy atom. The highest BCUT2D eigenvalue weighted by Gasteiger charge is 2.21. The minimum absolute atomic E-state index is 0.0235. The number of amides is 1. The lowest BCUT2D eigenvalue weighted by Gasteiger charge is -2.26. The van der Waals surface area contributed by atoms with Crippen LogP contribution in [-0.2, 0) is 10.2 Å². The van der Waals surface area contributed by atoms with E-state index in [2.05, 4.69) is 32.2 Å². The third-order valence-corrected chi connectivity index (χ3v) is 6.70. The van der Waals surface area contributed by atoms with Gasteiger partial charge in [-0.15, -0.1) is 0 Å². The highest BCUT2D eigenvalue weighted by atomic mass is 16.5. The fourth-order valence-electron chi connectivity index (χ4n) is 4.28. The molecular formula is C29H51NO5. The molecule has 0 bridgehead atoms. The van der Waals surface area contributed by atoms with Gasteiger partial charge < -0.3 is 25.4 Å². The van der Waals surface area contributed by atoms with E-state index in [1.54, 1.807) is 6.07 Å². The molecule has 6 heteroatoms. The van der Waals surface area contributed by atoms with Gasteiger partial charge in [0.15, 0.2) is 0 Å². The van der Waals surface area contributed by atoms with Crippen molar-refractivity contribution < 1.29 is 24.9 Å². The SMILES string of the molecule is CCCCCCC(C)(C)c1cc(O)cc(OCCCCCCCCCCC(=O)NC(CO)CO)c1. The molecule has 0 heterocycles. The minimum Gasteiger partial charge on any atom is -0.508 e. The van der Waals surface area contributed by atoms with E-state index < -0.39 is 6.04 Å². The molecule has 0 spiro atoms. The number of aromatic hydroxyl groups is 1. The molecule has 0 saturated carbocycles. The number of hydrogen-bond acceptors (Lipinski definition) is 5. The monoisotopic (exact) mass is 493 g/mol. The molecule has 0 atom stereocenters. The van der Waals surface area contributed by atoms with Gasteiger partial charge >= 0.3 is 0 Å². The zero-order valence-electron chi connectivity index (χ0n) is 22.5. The number of nitrogens with one attached hydrogen (secondary N) is 1. The second-order valence-electron chi connectivity index (χ2n) is 10.5. The number of benzene rings is 1. The van der Waals surface area contributed by atoms with Crippen LogP contribution in [0.5, 0.6) is 11.5 Å². The van der Waals surface area contributed by atoms with Gasteiger partial charge in [0.25, 0.3) is 0 Å². The summed E-state index contributed by atoms with van der Waals surface area (Å²) in [6.45, 7) is 6.91. The van der Waals surface area contributed by atoms with Crippen molar-refractivity contribution in [2.45, 2.75) is 122 Å². The summed E-state index contributed by atoms with van der Waals surface area (Å²) in [4.78, 5) is 11.7. The van der Waals surface area contributed by atoms with E-state index in [0.717, 1.165) is 49.8 Å². The van der Waals surface area contributed by atoms with Gasteiger partial charge in [-0.05, 0) is 42.4 Å². The predicted molar refractivity (Wildman–Crippen MR) is 143 cm³/mol. The molecule has 35 heavy (non-hydrogen) atoms. The number of aliphatic hydroxyl groups excluding tert-OH is 2. The maximum atomic E-state index is 11.7. The van der Waals surface area contributed by atoms with Crippen molar-refractivity contribution in [3.63, 3.8) is 0 Å². The normalized spacial score (nSPS) is 11.7. The van der Waals surface area contributed by atoms with Gasteiger partial charge in [0.2, 0.25) is 5.91 Å². The first-order valence-corrected chi connectivity index (χ1v) is 13.8. The molecule has 0 fully saturated rings. The maximum Gasteiger partial charge on any atom is 0.220 e. The molecule has 6 nitrogen and oxygen atoms in total. The number of hydrogen-bond donors (Lipinski definition) is 4. The van der Waals surface area contributed by atoms with E-state index in [0.29, 0.717) is 13.0 Å². The molecule has 1 aromatic rings. The standard InChI is InChI=1S/C29H51NO5/c1-4-5-6-14-17-29(2,3)24-19-26(33)21-27(20-24)35-18-15-12-10-8-7-9-11-13-16-28(34)30-25(22-31)23-32/h19-21,25,31-33H,4-18,22-23H2,1-3H3,(H,30,34). The molecule has 0 saturated heterocycles. The van der Waals surface area contributed by atoms with E-state index >= 15 is 0 Å². The summed E-state index contributed by atoms with van der Waals surface area (Å²) < 4.78 is 5.96. The predicted octanol–water partition coefficient (Wildman–Crippen LogP) is 6.00. The van der Waals surface area contributed by atoms with Crippen LogP contribution >= 0.6 is 0 Å². The van der Waals surface area contributed by atoms with Gasteiger partial charge in [0.1, 0.15) is 11.5 Å². The lowest BCUT2D eigenvalue weighted by Crippen LogP contribution is -2.39. The molecule has 0 aliphatic heterocycles. The van der Waals surface area contributed by atoms with Gasteiger partial charge in [-0.3, -0.25) is 4.79 Å². The summed E-state index contributed by atoms with van der Waals surface area (Å²) in [6.07, 6.45) is 15.2. The third-order valence-electron chi connectivity index (χ3n) is 6.70. The van der Waals surface area contributed by atoms with E-state index in [4.69, 9.17) is 14.9 Å². The molecule has 0 unspecified atom stereocenters. The summed E-state index contributed by atoms with van der Waals surface area (Å²) in [5.41, 5.74) is 1.17. The van der Waals surface area contributed by atoms with Gasteiger partial charge in [0.05, 0.1) is 25.9 Å². The van der Waals surface area contributed by atoms with E-state index in [1.165, 1.54) is 44.9 Å². The molecule has 4 N–H and O–H groups in total. The highest BCUT2D eigenvalue weighted by Crippen LogP contribution is 2.34. The van der Waals surface area contributed by atoms with E-state index in [1.807, 2.05) is 6.07 Å². The lowest BCUT2D eigenvalue weighted by atomic mass is 9.80. The number of ether oxygens (including phenoxy) is 1. The molecular weight excluding hydrogens is 442 g/mol. The Morgan fingerprint density at radius 1 is 0.886 bits per heavy atom. The van der Waals surface area contributed by atoms with E-state index in [-0.39, 0.29) is 30.3 Å². The number of carbonyl (C=O) groups excluding carboxylic acids is 1. The fourth-order valence-corrected chi connectivity index (χ4v) is 4.28. The summed E-state index contributed by atoms with van der Waals surface area (Å²) in [6, 6.07) is 5.13. The number of carbonyl (C=O) groups is 1. The average molecular weight is 494 g/mol. The van der Waals surface area contributed by atoms with Crippen LogP contribution < -0.4 is 10.1 Å². The minimum atomic E-state index is -0.548. The summed E-state index contributed by atoms with van der Waals surface area (Å²) in [5, 5.41) is 30.8. The van der Waals surface area contributed by atoms with Crippen LogP contribution in [0.15, 0.2) is 18.2 Å².